The lowest BCUT2D eigenvalue weighted by molar-refractivity contribution is 0.0278. The minimum Gasteiger partial charge on any atom is -0.444 e. The summed E-state index contributed by atoms with van der Waals surface area (Å²) in [5, 5.41) is 7.76. The van der Waals surface area contributed by atoms with Gasteiger partial charge in [-0.05, 0) is 33.1 Å². The Morgan fingerprint density at radius 1 is 1.41 bits per heavy atom. The van der Waals surface area contributed by atoms with Crippen molar-refractivity contribution in [3.8, 4) is 0 Å². The number of guanidine groups is 1. The Bertz CT molecular complexity index is 609. The van der Waals surface area contributed by atoms with Crippen LogP contribution >= 0.6 is 11.3 Å². The fraction of sp³-hybridized carbons (Fsp3) is 0.737. The average Bonchev–Trinajstić information content (AvgIpc) is 3.04. The van der Waals surface area contributed by atoms with Crippen molar-refractivity contribution in [2.45, 2.75) is 53.1 Å². The Morgan fingerprint density at radius 2 is 2.11 bits per heavy atom. The molecule has 0 spiro atoms. The lowest BCUT2D eigenvalue weighted by atomic mass is 10.1. The maximum atomic E-state index is 12.0. The molecule has 1 aromatic rings. The van der Waals surface area contributed by atoms with E-state index < -0.39 is 5.60 Å². The van der Waals surface area contributed by atoms with Crippen LogP contribution < -0.4 is 10.6 Å². The minimum atomic E-state index is -0.478. The molecule has 8 heteroatoms. The molecule has 1 unspecified atom stereocenters. The van der Waals surface area contributed by atoms with E-state index in [0.717, 1.165) is 30.4 Å². The summed E-state index contributed by atoms with van der Waals surface area (Å²) in [6, 6.07) is 0. The molecule has 1 atom stereocenters. The lowest BCUT2D eigenvalue weighted by Gasteiger charge is -2.26. The highest BCUT2D eigenvalue weighted by molar-refractivity contribution is 7.11. The molecule has 7 nitrogen and oxygen atoms in total. The van der Waals surface area contributed by atoms with Crippen LogP contribution in [0.5, 0.6) is 0 Å². The summed E-state index contributed by atoms with van der Waals surface area (Å²) in [7, 11) is 3.52. The summed E-state index contributed by atoms with van der Waals surface area (Å²) in [4.78, 5) is 23.6. The zero-order chi connectivity index (χ0) is 20.4. The zero-order valence-corrected chi connectivity index (χ0v) is 18.6. The third-order valence-corrected chi connectivity index (χ3v) is 4.91. The zero-order valence-electron chi connectivity index (χ0n) is 17.8. The summed E-state index contributed by atoms with van der Waals surface area (Å²) in [6.07, 6.45) is 3.56. The fourth-order valence-electron chi connectivity index (χ4n) is 2.35. The monoisotopic (exact) mass is 397 g/mol. The van der Waals surface area contributed by atoms with Gasteiger partial charge < -0.3 is 20.3 Å². The van der Waals surface area contributed by atoms with Gasteiger partial charge in [-0.3, -0.25) is 4.99 Å². The number of rotatable bonds is 8. The molecule has 154 valence electrons. The predicted octanol–water partition coefficient (Wildman–Crippen LogP) is 2.92. The first-order valence-corrected chi connectivity index (χ1v) is 10.3. The third kappa shape index (κ3) is 9.60. The molecule has 0 aliphatic carbocycles. The second kappa shape index (κ2) is 11.1. The molecule has 1 heterocycles. The number of carbonyl (C=O) groups is 1. The van der Waals surface area contributed by atoms with Gasteiger partial charge in [-0.15, -0.1) is 11.3 Å². The first kappa shape index (κ1) is 23.2. The molecule has 0 saturated heterocycles. The number of thiazole rings is 1. The predicted molar refractivity (Wildman–Crippen MR) is 113 cm³/mol. The van der Waals surface area contributed by atoms with Crippen molar-refractivity contribution in [2.24, 2.45) is 10.9 Å². The SMILES string of the molecule is CCc1cnc(CCNC(=NC)NCC(C)CN(C)C(=O)OC(C)(C)C)s1. The molecule has 27 heavy (non-hydrogen) atoms. The smallest absolute Gasteiger partial charge is 0.410 e. The van der Waals surface area contributed by atoms with Crippen molar-refractivity contribution in [3.05, 3.63) is 16.1 Å². The van der Waals surface area contributed by atoms with Gasteiger partial charge in [0.2, 0.25) is 0 Å². The number of hydrogen-bond donors (Lipinski definition) is 2. The molecule has 1 amide bonds. The molecule has 0 fully saturated rings. The minimum absolute atomic E-state index is 0.257. The number of ether oxygens (including phenoxy) is 1. The number of aromatic nitrogens is 1. The molecule has 0 saturated carbocycles. The van der Waals surface area contributed by atoms with Crippen LogP contribution in [-0.2, 0) is 17.6 Å². The summed E-state index contributed by atoms with van der Waals surface area (Å²) in [5.74, 6) is 1.01. The van der Waals surface area contributed by atoms with E-state index in [1.54, 1.807) is 30.3 Å². The second-order valence-electron chi connectivity index (χ2n) is 7.67. The number of nitrogens with zero attached hydrogens (tertiary/aromatic N) is 3. The van der Waals surface area contributed by atoms with E-state index in [-0.39, 0.29) is 12.0 Å². The summed E-state index contributed by atoms with van der Waals surface area (Å²) in [6.45, 7) is 11.9. The maximum absolute atomic E-state index is 12.0. The van der Waals surface area contributed by atoms with Gasteiger partial charge in [-0.25, -0.2) is 9.78 Å². The quantitative estimate of drug-likeness (QED) is 0.521. The second-order valence-corrected chi connectivity index (χ2v) is 8.87. The van der Waals surface area contributed by atoms with Crippen molar-refractivity contribution in [3.63, 3.8) is 0 Å². The first-order valence-electron chi connectivity index (χ1n) is 9.46. The molecule has 0 bridgehead atoms. The number of hydrogen-bond acceptors (Lipinski definition) is 5. The molecular formula is C19H35N5O2S. The van der Waals surface area contributed by atoms with Crippen LogP contribution in [-0.4, -0.2) is 61.3 Å². The van der Waals surface area contributed by atoms with Crippen molar-refractivity contribution < 1.29 is 9.53 Å². The summed E-state index contributed by atoms with van der Waals surface area (Å²) < 4.78 is 5.38. The normalized spacial score (nSPS) is 13.2. The molecule has 1 rings (SSSR count). The summed E-state index contributed by atoms with van der Waals surface area (Å²) >= 11 is 1.76. The van der Waals surface area contributed by atoms with Gasteiger partial charge in [-0.1, -0.05) is 13.8 Å². The first-order chi connectivity index (χ1) is 12.6. The molecule has 2 N–H and O–H groups in total. The van der Waals surface area contributed by atoms with E-state index in [1.165, 1.54) is 4.88 Å². The Balaban J connectivity index is 2.31. The Labute approximate surface area is 167 Å². The highest BCUT2D eigenvalue weighted by Crippen LogP contribution is 2.13. The Kier molecular flexibility index (Phi) is 9.55. The highest BCUT2D eigenvalue weighted by Gasteiger charge is 2.20. The van der Waals surface area contributed by atoms with E-state index >= 15 is 0 Å². The highest BCUT2D eigenvalue weighted by atomic mass is 32.1. The number of aliphatic imine (C=N–C) groups is 1. The lowest BCUT2D eigenvalue weighted by Crippen LogP contribution is -2.43. The number of amides is 1. The summed E-state index contributed by atoms with van der Waals surface area (Å²) in [5.41, 5.74) is -0.478. The molecule has 0 radical (unpaired) electrons. The van der Waals surface area contributed by atoms with Crippen LogP contribution in [0.4, 0.5) is 4.79 Å². The van der Waals surface area contributed by atoms with E-state index in [0.29, 0.717) is 13.1 Å². The van der Waals surface area contributed by atoms with Crippen LogP contribution in [0.3, 0.4) is 0 Å². The fourth-order valence-corrected chi connectivity index (χ4v) is 3.21. The molecule has 0 aromatic carbocycles. The Hall–Kier alpha value is -1.83. The number of nitrogens with one attached hydrogen (secondary N) is 2. The average molecular weight is 398 g/mol. The van der Waals surface area contributed by atoms with Crippen LogP contribution in [0.1, 0.15) is 44.5 Å². The van der Waals surface area contributed by atoms with Gasteiger partial charge in [0.25, 0.3) is 0 Å². The van der Waals surface area contributed by atoms with Crippen LogP contribution in [0.25, 0.3) is 0 Å². The van der Waals surface area contributed by atoms with Gasteiger partial charge in [0.1, 0.15) is 5.60 Å². The van der Waals surface area contributed by atoms with Crippen molar-refractivity contribution in [1.82, 2.24) is 20.5 Å². The van der Waals surface area contributed by atoms with Crippen LogP contribution in [0.2, 0.25) is 0 Å². The van der Waals surface area contributed by atoms with E-state index in [1.807, 2.05) is 27.0 Å². The van der Waals surface area contributed by atoms with Crippen molar-refractivity contribution >= 4 is 23.4 Å². The number of carbonyl (C=O) groups excluding carboxylic acids is 1. The topological polar surface area (TPSA) is 78.9 Å². The van der Waals surface area contributed by atoms with Gasteiger partial charge in [0.05, 0.1) is 5.01 Å². The molecule has 0 aliphatic heterocycles. The molecular weight excluding hydrogens is 362 g/mol. The van der Waals surface area contributed by atoms with Gasteiger partial charge in [0, 0.05) is 51.2 Å². The van der Waals surface area contributed by atoms with E-state index in [4.69, 9.17) is 4.74 Å². The van der Waals surface area contributed by atoms with Crippen molar-refractivity contribution in [2.75, 3.05) is 33.7 Å². The van der Waals surface area contributed by atoms with Crippen molar-refractivity contribution in [1.29, 1.82) is 0 Å². The number of aryl methyl sites for hydroxylation is 1. The largest absolute Gasteiger partial charge is 0.444 e. The molecule has 1 aromatic heterocycles. The van der Waals surface area contributed by atoms with Crippen LogP contribution in [0, 0.1) is 5.92 Å². The standard InChI is InChI=1S/C19H35N5O2S/c1-8-15-12-22-16(27-15)9-10-21-17(20-6)23-11-14(2)13-24(7)18(25)26-19(3,4)5/h12,14H,8-11,13H2,1-7H3,(H2,20,21,23). The maximum Gasteiger partial charge on any atom is 0.410 e. The van der Waals surface area contributed by atoms with E-state index in [2.05, 4.69) is 34.5 Å². The molecule has 0 aliphatic rings. The van der Waals surface area contributed by atoms with Gasteiger partial charge >= 0.3 is 6.09 Å². The van der Waals surface area contributed by atoms with Crippen LogP contribution in [0.15, 0.2) is 11.2 Å². The third-order valence-electron chi connectivity index (χ3n) is 3.71. The Morgan fingerprint density at radius 3 is 2.67 bits per heavy atom. The van der Waals surface area contributed by atoms with Gasteiger partial charge in [0.15, 0.2) is 5.96 Å². The van der Waals surface area contributed by atoms with E-state index in [9.17, 15) is 4.79 Å². The van der Waals surface area contributed by atoms with Gasteiger partial charge in [-0.2, -0.15) is 0 Å².